The van der Waals surface area contributed by atoms with E-state index in [1.165, 1.54) is 0 Å². The molecule has 132 valence electrons. The molecule has 7 nitrogen and oxygen atoms in total. The highest BCUT2D eigenvalue weighted by Gasteiger charge is 2.08. The van der Waals surface area contributed by atoms with E-state index in [1.807, 2.05) is 60.1 Å². The molecule has 0 saturated carbocycles. The van der Waals surface area contributed by atoms with Crippen molar-refractivity contribution in [3.63, 3.8) is 0 Å². The summed E-state index contributed by atoms with van der Waals surface area (Å²) in [6.45, 7) is 2.36. The van der Waals surface area contributed by atoms with E-state index in [1.54, 1.807) is 0 Å². The smallest absolute Gasteiger partial charge is 0.257 e. The number of rotatable bonds is 6. The molecule has 0 atom stereocenters. The highest BCUT2D eigenvalue weighted by Crippen LogP contribution is 2.18. The third-order valence-corrected chi connectivity index (χ3v) is 4.05. The van der Waals surface area contributed by atoms with Crippen LogP contribution in [0.5, 0.6) is 5.75 Å². The first-order valence-electron chi connectivity index (χ1n) is 8.46. The Labute approximate surface area is 150 Å². The van der Waals surface area contributed by atoms with E-state index >= 15 is 0 Å². The lowest BCUT2D eigenvalue weighted by Crippen LogP contribution is -2.30. The second-order valence-corrected chi connectivity index (χ2v) is 6.07. The van der Waals surface area contributed by atoms with Crippen LogP contribution in [0.4, 0.5) is 0 Å². The molecule has 3 heterocycles. The molecular weight excluding hydrogens is 330 g/mol. The summed E-state index contributed by atoms with van der Waals surface area (Å²) < 4.78 is 7.51. The van der Waals surface area contributed by atoms with Gasteiger partial charge >= 0.3 is 0 Å². The molecule has 0 fully saturated rings. The second-order valence-electron chi connectivity index (χ2n) is 6.07. The summed E-state index contributed by atoms with van der Waals surface area (Å²) in [6.07, 6.45) is 4.45. The molecule has 0 bridgehead atoms. The van der Waals surface area contributed by atoms with Gasteiger partial charge in [0.25, 0.3) is 5.91 Å². The van der Waals surface area contributed by atoms with Crippen molar-refractivity contribution in [2.24, 2.45) is 0 Å². The second kappa shape index (κ2) is 6.87. The number of benzene rings is 1. The zero-order valence-corrected chi connectivity index (χ0v) is 14.4. The third-order valence-electron chi connectivity index (χ3n) is 4.05. The van der Waals surface area contributed by atoms with Crippen LogP contribution < -0.4 is 10.1 Å². The molecule has 1 amide bonds. The number of H-pyrrole nitrogens is 1. The number of para-hydroxylation sites is 2. The van der Waals surface area contributed by atoms with Gasteiger partial charge in [0, 0.05) is 25.4 Å². The molecule has 0 saturated heterocycles. The number of hydrogen-bond donors (Lipinski definition) is 2. The number of ether oxygens (including phenoxy) is 1. The van der Waals surface area contributed by atoms with E-state index in [9.17, 15) is 4.79 Å². The molecule has 26 heavy (non-hydrogen) atoms. The van der Waals surface area contributed by atoms with Crippen LogP contribution in [0.2, 0.25) is 0 Å². The van der Waals surface area contributed by atoms with Gasteiger partial charge in [-0.3, -0.25) is 4.79 Å². The molecule has 0 radical (unpaired) electrons. The number of imidazole rings is 2. The summed E-state index contributed by atoms with van der Waals surface area (Å²) in [5, 5.41) is 2.85. The van der Waals surface area contributed by atoms with Crippen molar-refractivity contribution in [3.05, 3.63) is 60.3 Å². The predicted octanol–water partition coefficient (Wildman–Crippen LogP) is 2.26. The Balaban J connectivity index is 1.30. The molecule has 0 aliphatic heterocycles. The molecule has 4 rings (SSSR count). The van der Waals surface area contributed by atoms with Crippen LogP contribution in [-0.4, -0.2) is 38.4 Å². The molecule has 4 aromatic rings. The predicted molar refractivity (Wildman–Crippen MR) is 98.2 cm³/mol. The molecule has 0 aliphatic carbocycles. The van der Waals surface area contributed by atoms with Gasteiger partial charge in [-0.25, -0.2) is 9.97 Å². The first kappa shape index (κ1) is 16.1. The van der Waals surface area contributed by atoms with Crippen LogP contribution in [-0.2, 0) is 11.2 Å². The van der Waals surface area contributed by atoms with E-state index in [2.05, 4.69) is 20.3 Å². The fraction of sp³-hybridized carbons (Fsp3) is 0.211. The molecule has 0 spiro atoms. The average Bonchev–Trinajstić information content (AvgIpc) is 3.21. The summed E-state index contributed by atoms with van der Waals surface area (Å²) in [5.41, 5.74) is 3.54. The van der Waals surface area contributed by atoms with Gasteiger partial charge < -0.3 is 19.4 Å². The van der Waals surface area contributed by atoms with Crippen LogP contribution in [0, 0.1) is 6.92 Å². The lowest BCUT2D eigenvalue weighted by atomic mass is 10.3. The van der Waals surface area contributed by atoms with Gasteiger partial charge in [-0.1, -0.05) is 12.1 Å². The Morgan fingerprint density at radius 2 is 2.12 bits per heavy atom. The van der Waals surface area contributed by atoms with Crippen LogP contribution in [0.3, 0.4) is 0 Å². The van der Waals surface area contributed by atoms with Gasteiger partial charge in [0.05, 0.1) is 16.7 Å². The Kier molecular flexibility index (Phi) is 4.27. The van der Waals surface area contributed by atoms with Gasteiger partial charge in [-0.15, -0.1) is 0 Å². The van der Waals surface area contributed by atoms with Gasteiger partial charge in [0.1, 0.15) is 5.82 Å². The number of amides is 1. The quantitative estimate of drug-likeness (QED) is 0.559. The molecule has 7 heteroatoms. The normalized spacial score (nSPS) is 11.1. The molecule has 1 aromatic carbocycles. The number of hydrogen-bond acceptors (Lipinski definition) is 4. The lowest BCUT2D eigenvalue weighted by Gasteiger charge is -2.07. The zero-order chi connectivity index (χ0) is 17.9. The first-order chi connectivity index (χ1) is 12.7. The Morgan fingerprint density at radius 1 is 1.23 bits per heavy atom. The molecule has 3 aromatic heterocycles. The Bertz CT molecular complexity index is 1030. The summed E-state index contributed by atoms with van der Waals surface area (Å²) in [4.78, 5) is 24.2. The SMILES string of the molecule is Cc1cn2cccc(OCC(=O)NCCc3nc4ccccc4[nH]3)c2n1. The number of nitrogens with one attached hydrogen (secondary N) is 2. The van der Waals surface area contributed by atoms with Crippen LogP contribution in [0.1, 0.15) is 11.5 Å². The van der Waals surface area contributed by atoms with Crippen LogP contribution in [0.15, 0.2) is 48.8 Å². The highest BCUT2D eigenvalue weighted by molar-refractivity contribution is 5.78. The number of aryl methyl sites for hydroxylation is 1. The largest absolute Gasteiger partial charge is 0.480 e. The standard InChI is InChI=1S/C19H19N5O2/c1-13-11-24-10-4-7-16(19(24)21-13)26-12-18(25)20-9-8-17-22-14-5-2-3-6-15(14)23-17/h2-7,10-11H,8-9,12H2,1H3,(H,20,25)(H,22,23). The average molecular weight is 349 g/mol. The Morgan fingerprint density at radius 3 is 3.00 bits per heavy atom. The van der Waals surface area contributed by atoms with Crippen molar-refractivity contribution < 1.29 is 9.53 Å². The minimum absolute atomic E-state index is 0.0499. The minimum Gasteiger partial charge on any atom is -0.480 e. The fourth-order valence-corrected chi connectivity index (χ4v) is 2.86. The summed E-state index contributed by atoms with van der Waals surface area (Å²) in [5.74, 6) is 1.27. The van der Waals surface area contributed by atoms with Crippen molar-refractivity contribution in [2.75, 3.05) is 13.2 Å². The van der Waals surface area contributed by atoms with Gasteiger partial charge in [0.2, 0.25) is 0 Å². The van der Waals surface area contributed by atoms with E-state index in [0.717, 1.165) is 22.6 Å². The maximum atomic E-state index is 12.0. The lowest BCUT2D eigenvalue weighted by molar-refractivity contribution is -0.123. The number of pyridine rings is 1. The van der Waals surface area contributed by atoms with E-state index in [4.69, 9.17) is 4.74 Å². The van der Waals surface area contributed by atoms with Gasteiger partial charge in [-0.05, 0) is 31.2 Å². The van der Waals surface area contributed by atoms with Crippen molar-refractivity contribution in [1.82, 2.24) is 24.7 Å². The van der Waals surface area contributed by atoms with E-state index in [-0.39, 0.29) is 12.5 Å². The summed E-state index contributed by atoms with van der Waals surface area (Å²) >= 11 is 0. The number of aromatic nitrogens is 4. The highest BCUT2D eigenvalue weighted by atomic mass is 16.5. The first-order valence-corrected chi connectivity index (χ1v) is 8.46. The topological polar surface area (TPSA) is 84.3 Å². The minimum atomic E-state index is -0.175. The maximum absolute atomic E-state index is 12.0. The fourth-order valence-electron chi connectivity index (χ4n) is 2.86. The van der Waals surface area contributed by atoms with Gasteiger partial charge in [0.15, 0.2) is 18.0 Å². The monoisotopic (exact) mass is 349 g/mol. The number of carbonyl (C=O) groups is 1. The molecule has 2 N–H and O–H groups in total. The number of fused-ring (bicyclic) bond motifs is 2. The van der Waals surface area contributed by atoms with Crippen molar-refractivity contribution in [2.45, 2.75) is 13.3 Å². The maximum Gasteiger partial charge on any atom is 0.257 e. The number of nitrogens with zero attached hydrogens (tertiary/aromatic N) is 3. The molecule has 0 unspecified atom stereocenters. The summed E-state index contributed by atoms with van der Waals surface area (Å²) in [6, 6.07) is 11.5. The van der Waals surface area contributed by atoms with Crippen LogP contribution in [0.25, 0.3) is 16.7 Å². The zero-order valence-electron chi connectivity index (χ0n) is 14.4. The van der Waals surface area contributed by atoms with Crippen molar-refractivity contribution >= 4 is 22.6 Å². The van der Waals surface area contributed by atoms with E-state index < -0.39 is 0 Å². The van der Waals surface area contributed by atoms with Crippen molar-refractivity contribution in [1.29, 1.82) is 0 Å². The summed E-state index contributed by atoms with van der Waals surface area (Å²) in [7, 11) is 0. The van der Waals surface area contributed by atoms with Crippen molar-refractivity contribution in [3.8, 4) is 5.75 Å². The molecular formula is C19H19N5O2. The third kappa shape index (κ3) is 3.37. The Hall–Kier alpha value is -3.35. The van der Waals surface area contributed by atoms with Gasteiger partial charge in [-0.2, -0.15) is 0 Å². The number of carbonyl (C=O) groups excluding carboxylic acids is 1. The molecule has 0 aliphatic rings. The van der Waals surface area contributed by atoms with Crippen LogP contribution >= 0.6 is 0 Å². The van der Waals surface area contributed by atoms with E-state index in [0.29, 0.717) is 24.4 Å². The number of aromatic amines is 1.